The van der Waals surface area contributed by atoms with Crippen LogP contribution in [0.25, 0.3) is 0 Å². The largest absolute Gasteiger partial charge is 0.474 e. The van der Waals surface area contributed by atoms with Crippen LogP contribution in [-0.2, 0) is 4.74 Å². The van der Waals surface area contributed by atoms with E-state index in [2.05, 4.69) is 59.7 Å². The van der Waals surface area contributed by atoms with E-state index in [1.165, 1.54) is 11.1 Å². The molecule has 0 bridgehead atoms. The van der Waals surface area contributed by atoms with E-state index in [4.69, 9.17) is 19.7 Å². The Kier molecular flexibility index (Phi) is 6.51. The number of hydrogen-bond donors (Lipinski definition) is 0. The molecule has 0 spiro atoms. The summed E-state index contributed by atoms with van der Waals surface area (Å²) in [5.74, 6) is 1.92. The van der Waals surface area contributed by atoms with Crippen molar-refractivity contribution in [2.75, 3.05) is 6.61 Å². The number of nitrogens with zero attached hydrogens (tertiary/aromatic N) is 3. The number of aliphatic imine (C=N–C) groups is 2. The third-order valence-corrected chi connectivity index (χ3v) is 5.40. The minimum absolute atomic E-state index is 0.205. The van der Waals surface area contributed by atoms with Crippen LogP contribution in [0.4, 0.5) is 5.69 Å². The summed E-state index contributed by atoms with van der Waals surface area (Å²) in [5, 5.41) is 0. The van der Waals surface area contributed by atoms with Crippen molar-refractivity contribution in [1.82, 2.24) is 4.98 Å². The Balaban J connectivity index is 1.99. The molecule has 29 heavy (non-hydrogen) atoms. The fourth-order valence-electron chi connectivity index (χ4n) is 3.49. The molecule has 0 amide bonds. The van der Waals surface area contributed by atoms with E-state index >= 15 is 0 Å². The van der Waals surface area contributed by atoms with E-state index in [9.17, 15) is 0 Å². The van der Waals surface area contributed by atoms with Crippen molar-refractivity contribution >= 4 is 17.3 Å². The fourth-order valence-corrected chi connectivity index (χ4v) is 3.49. The van der Waals surface area contributed by atoms with Gasteiger partial charge >= 0.3 is 0 Å². The summed E-state index contributed by atoms with van der Waals surface area (Å²) in [6.07, 6.45) is 0. The van der Waals surface area contributed by atoms with Crippen LogP contribution in [0, 0.1) is 5.92 Å². The molecule has 154 valence electrons. The minimum Gasteiger partial charge on any atom is -0.474 e. The number of benzene rings is 1. The van der Waals surface area contributed by atoms with Crippen molar-refractivity contribution in [3.8, 4) is 0 Å². The van der Waals surface area contributed by atoms with Crippen molar-refractivity contribution < 1.29 is 4.74 Å². The first-order valence-corrected chi connectivity index (χ1v) is 10.6. The average molecular weight is 392 g/mol. The number of aromatic nitrogens is 1. The summed E-state index contributed by atoms with van der Waals surface area (Å²) >= 11 is 0. The molecule has 0 radical (unpaired) electrons. The van der Waals surface area contributed by atoms with Crippen LogP contribution in [0.3, 0.4) is 0 Å². The van der Waals surface area contributed by atoms with Gasteiger partial charge in [0.25, 0.3) is 0 Å². The molecule has 0 saturated heterocycles. The summed E-state index contributed by atoms with van der Waals surface area (Å²) in [4.78, 5) is 14.6. The lowest BCUT2D eigenvalue weighted by atomic mass is 9.93. The Labute approximate surface area is 175 Å². The lowest BCUT2D eigenvalue weighted by molar-refractivity contribution is 0.291. The Bertz CT molecular complexity index is 899. The highest BCUT2D eigenvalue weighted by molar-refractivity contribution is 6.00. The Hall–Kier alpha value is -2.49. The van der Waals surface area contributed by atoms with Gasteiger partial charge in [0.1, 0.15) is 12.3 Å². The van der Waals surface area contributed by atoms with Crippen molar-refractivity contribution in [2.24, 2.45) is 15.9 Å². The predicted octanol–water partition coefficient (Wildman–Crippen LogP) is 6.27. The number of para-hydroxylation sites is 1. The molecule has 1 aromatic carbocycles. The molecule has 4 heteroatoms. The monoisotopic (exact) mass is 391 g/mol. The van der Waals surface area contributed by atoms with E-state index in [0.29, 0.717) is 30.3 Å². The number of hydrogen-bond acceptors (Lipinski definition) is 4. The number of pyridine rings is 1. The van der Waals surface area contributed by atoms with Crippen LogP contribution in [0.5, 0.6) is 0 Å². The van der Waals surface area contributed by atoms with Crippen LogP contribution < -0.4 is 0 Å². The predicted molar refractivity (Wildman–Crippen MR) is 122 cm³/mol. The maximum atomic E-state index is 5.81. The van der Waals surface area contributed by atoms with E-state index < -0.39 is 0 Å². The van der Waals surface area contributed by atoms with E-state index in [1.807, 2.05) is 25.1 Å². The fraction of sp³-hybridized carbons (Fsp3) is 0.480. The molecule has 3 rings (SSSR count). The molecule has 1 atom stereocenters. The molecule has 2 aromatic rings. The topological polar surface area (TPSA) is 46.8 Å². The molecule has 0 unspecified atom stereocenters. The minimum atomic E-state index is 0.205. The highest BCUT2D eigenvalue weighted by atomic mass is 16.5. The standard InChI is InChI=1S/C25H33N3O/c1-15(2)19-10-8-11-20(16(3)4)24(19)26-18(7)21-12-9-13-22(27-21)25-28-23(14-29-25)17(5)6/h8-13,15-17,23H,14H2,1-7H3/t23-/m1/s1. The van der Waals surface area contributed by atoms with Gasteiger partial charge in [-0.2, -0.15) is 0 Å². The van der Waals surface area contributed by atoms with Gasteiger partial charge in [0.15, 0.2) is 0 Å². The summed E-state index contributed by atoms with van der Waals surface area (Å²) in [6.45, 7) is 15.9. The summed E-state index contributed by atoms with van der Waals surface area (Å²) < 4.78 is 5.81. The third kappa shape index (κ3) is 4.75. The zero-order valence-electron chi connectivity index (χ0n) is 18.7. The Morgan fingerprint density at radius 3 is 2.14 bits per heavy atom. The molecule has 1 aliphatic heterocycles. The highest BCUT2D eigenvalue weighted by Crippen LogP contribution is 2.35. The van der Waals surface area contributed by atoms with Gasteiger partial charge in [-0.05, 0) is 47.9 Å². The maximum absolute atomic E-state index is 5.81. The van der Waals surface area contributed by atoms with Crippen LogP contribution in [-0.4, -0.2) is 29.2 Å². The van der Waals surface area contributed by atoms with Crippen molar-refractivity contribution in [3.63, 3.8) is 0 Å². The molecule has 2 heterocycles. The summed E-state index contributed by atoms with van der Waals surface area (Å²) in [5.41, 5.74) is 6.17. The maximum Gasteiger partial charge on any atom is 0.235 e. The molecule has 1 aromatic heterocycles. The zero-order chi connectivity index (χ0) is 21.1. The second-order valence-corrected chi connectivity index (χ2v) is 8.76. The first kappa shape index (κ1) is 21.2. The van der Waals surface area contributed by atoms with Gasteiger partial charge in [-0.1, -0.05) is 65.8 Å². The zero-order valence-corrected chi connectivity index (χ0v) is 18.7. The number of ether oxygens (including phenoxy) is 1. The van der Waals surface area contributed by atoms with Gasteiger partial charge in [-0.25, -0.2) is 9.98 Å². The molecule has 4 nitrogen and oxygen atoms in total. The van der Waals surface area contributed by atoms with Crippen LogP contribution in [0.1, 0.15) is 82.8 Å². The van der Waals surface area contributed by atoms with Gasteiger partial charge in [-0.15, -0.1) is 0 Å². The van der Waals surface area contributed by atoms with E-state index in [1.54, 1.807) is 0 Å². The average Bonchev–Trinajstić information content (AvgIpc) is 3.18. The van der Waals surface area contributed by atoms with Crippen LogP contribution in [0.15, 0.2) is 46.4 Å². The summed E-state index contributed by atoms with van der Waals surface area (Å²) in [6, 6.07) is 12.7. The Morgan fingerprint density at radius 2 is 1.59 bits per heavy atom. The number of rotatable bonds is 6. The van der Waals surface area contributed by atoms with Gasteiger partial charge in [0.2, 0.25) is 5.90 Å². The van der Waals surface area contributed by atoms with Crippen LogP contribution >= 0.6 is 0 Å². The molecule has 0 aliphatic carbocycles. The van der Waals surface area contributed by atoms with Gasteiger partial charge in [-0.3, -0.25) is 4.99 Å². The lowest BCUT2D eigenvalue weighted by Crippen LogP contribution is -2.13. The normalized spacial score (nSPS) is 17.2. The molecule has 0 fully saturated rings. The molecule has 0 N–H and O–H groups in total. The van der Waals surface area contributed by atoms with E-state index in [-0.39, 0.29) is 6.04 Å². The summed E-state index contributed by atoms with van der Waals surface area (Å²) in [7, 11) is 0. The highest BCUT2D eigenvalue weighted by Gasteiger charge is 2.23. The quantitative estimate of drug-likeness (QED) is 0.545. The second kappa shape index (κ2) is 8.89. The van der Waals surface area contributed by atoms with Crippen molar-refractivity contribution in [1.29, 1.82) is 0 Å². The second-order valence-electron chi connectivity index (χ2n) is 8.76. The third-order valence-electron chi connectivity index (χ3n) is 5.40. The first-order valence-electron chi connectivity index (χ1n) is 10.6. The molecular formula is C25H33N3O. The Morgan fingerprint density at radius 1 is 0.966 bits per heavy atom. The first-order chi connectivity index (χ1) is 13.8. The van der Waals surface area contributed by atoms with Crippen molar-refractivity contribution in [3.05, 3.63) is 58.9 Å². The SMILES string of the molecule is CC(=Nc1c(C(C)C)cccc1C(C)C)c1cccc(C2=N[C@@H](C(C)C)CO2)n1. The van der Waals surface area contributed by atoms with Gasteiger partial charge in [0.05, 0.1) is 23.1 Å². The van der Waals surface area contributed by atoms with Gasteiger partial charge in [0, 0.05) is 0 Å². The lowest BCUT2D eigenvalue weighted by Gasteiger charge is -2.17. The van der Waals surface area contributed by atoms with Crippen LogP contribution in [0.2, 0.25) is 0 Å². The smallest absolute Gasteiger partial charge is 0.235 e. The molecular weight excluding hydrogens is 358 g/mol. The molecule has 1 aliphatic rings. The molecule has 0 saturated carbocycles. The van der Waals surface area contributed by atoms with Gasteiger partial charge < -0.3 is 4.74 Å². The van der Waals surface area contributed by atoms with Crippen molar-refractivity contribution in [2.45, 2.75) is 66.3 Å². The van der Waals surface area contributed by atoms with E-state index in [0.717, 1.165) is 22.8 Å².